The van der Waals surface area contributed by atoms with Crippen molar-refractivity contribution in [1.29, 1.82) is 0 Å². The average Bonchev–Trinajstić information content (AvgIpc) is 3.16. The molecule has 2 aromatic rings. The van der Waals surface area contributed by atoms with E-state index < -0.39 is 23.8 Å². The highest BCUT2D eigenvalue weighted by Crippen LogP contribution is 2.26. The van der Waals surface area contributed by atoms with Gasteiger partial charge in [-0.3, -0.25) is 20.2 Å². The smallest absolute Gasteiger partial charge is 0.293 e. The third-order valence-corrected chi connectivity index (χ3v) is 3.50. The second-order valence-electron chi connectivity index (χ2n) is 4.91. The zero-order valence-corrected chi connectivity index (χ0v) is 11.5. The maximum absolute atomic E-state index is 12.3. The Bertz CT molecular complexity index is 841. The molecule has 1 aromatic carbocycles. The summed E-state index contributed by atoms with van der Waals surface area (Å²) in [6.45, 7) is 0. The van der Waals surface area contributed by atoms with Crippen LogP contribution in [0.2, 0.25) is 0 Å². The zero-order valence-electron chi connectivity index (χ0n) is 11.5. The molecule has 0 radical (unpaired) electrons. The first-order valence-corrected chi connectivity index (χ1v) is 6.64. The van der Waals surface area contributed by atoms with Gasteiger partial charge in [0.05, 0.1) is 11.9 Å². The number of hydrogen-bond donors (Lipinski definition) is 3. The third-order valence-electron chi connectivity index (χ3n) is 3.50. The van der Waals surface area contributed by atoms with Crippen LogP contribution in [0.15, 0.2) is 35.6 Å². The summed E-state index contributed by atoms with van der Waals surface area (Å²) in [6, 6.07) is 6.15. The number of anilines is 1. The Morgan fingerprint density at radius 3 is 2.52 bits per heavy atom. The number of rotatable bonds is 2. The maximum atomic E-state index is 12.3. The fraction of sp³-hybridized carbons (Fsp3) is 0.0769. The number of hydrogen-bond acceptors (Lipinski definition) is 6. The number of nitrogens with one attached hydrogen (secondary N) is 3. The average molecular weight is 311 g/mol. The van der Waals surface area contributed by atoms with Crippen LogP contribution in [-0.4, -0.2) is 39.1 Å². The van der Waals surface area contributed by atoms with Gasteiger partial charge in [-0.05, 0) is 12.1 Å². The fourth-order valence-electron chi connectivity index (χ4n) is 2.42. The molecule has 10 heteroatoms. The van der Waals surface area contributed by atoms with Crippen LogP contribution in [0.25, 0.3) is 11.3 Å². The molecule has 0 saturated carbocycles. The Labute approximate surface area is 128 Å². The second kappa shape index (κ2) is 4.73. The minimum absolute atomic E-state index is 0.0318. The van der Waals surface area contributed by atoms with Crippen molar-refractivity contribution in [1.82, 2.24) is 26.0 Å². The summed E-state index contributed by atoms with van der Waals surface area (Å²) < 4.78 is 0. The van der Waals surface area contributed by atoms with Crippen molar-refractivity contribution in [3.63, 3.8) is 0 Å². The highest BCUT2D eigenvalue weighted by atomic mass is 16.2. The van der Waals surface area contributed by atoms with Crippen LogP contribution in [0.4, 0.5) is 10.5 Å². The molecule has 10 nitrogen and oxygen atoms in total. The van der Waals surface area contributed by atoms with Crippen LogP contribution in [0.5, 0.6) is 0 Å². The highest BCUT2D eigenvalue weighted by Gasteiger charge is 2.46. The maximum Gasteiger partial charge on any atom is 0.326 e. The number of hydrazone groups is 1. The first kappa shape index (κ1) is 13.1. The lowest BCUT2D eigenvalue weighted by molar-refractivity contribution is -0.129. The van der Waals surface area contributed by atoms with Crippen molar-refractivity contribution >= 4 is 29.4 Å². The summed E-state index contributed by atoms with van der Waals surface area (Å²) in [7, 11) is 0. The number of nitrogens with zero attached hydrogens (tertiary/aromatic N) is 4. The normalized spacial score (nSPS) is 20.0. The topological polar surface area (TPSA) is 132 Å². The van der Waals surface area contributed by atoms with E-state index in [-0.39, 0.29) is 5.84 Å². The number of aromatic amines is 1. The SMILES string of the molecule is O=C1NC(=O)C2C(=O)N(c3ccc(-c4cn[nH]n4)cc3)N=C2N1. The molecule has 0 spiro atoms. The summed E-state index contributed by atoms with van der Waals surface area (Å²) >= 11 is 0. The Morgan fingerprint density at radius 1 is 1.04 bits per heavy atom. The van der Waals surface area contributed by atoms with Gasteiger partial charge in [0.2, 0.25) is 5.91 Å². The standard InChI is InChI=1S/C13H9N7O3/c21-11-9-10(15-13(23)16-11)18-20(12(9)22)7-3-1-6(2-4-7)8-5-14-19-17-8/h1-5,9H,(H,14,17,19)(H2,15,16,18,21,23). The van der Waals surface area contributed by atoms with Gasteiger partial charge in [0.1, 0.15) is 5.69 Å². The van der Waals surface area contributed by atoms with Crippen molar-refractivity contribution in [3.8, 4) is 11.3 Å². The van der Waals surface area contributed by atoms with Gasteiger partial charge in [-0.2, -0.15) is 25.5 Å². The summed E-state index contributed by atoms with van der Waals surface area (Å²) in [5.74, 6) is -2.29. The number of amides is 4. The lowest BCUT2D eigenvalue weighted by atomic mass is 10.1. The van der Waals surface area contributed by atoms with E-state index in [1.165, 1.54) is 0 Å². The second-order valence-corrected chi connectivity index (χ2v) is 4.91. The number of aromatic nitrogens is 3. The number of carbonyl (C=O) groups is 3. The lowest BCUT2D eigenvalue weighted by Gasteiger charge is -2.17. The van der Waals surface area contributed by atoms with Gasteiger partial charge in [0, 0.05) is 5.56 Å². The number of benzene rings is 1. The van der Waals surface area contributed by atoms with Crippen LogP contribution in [0.1, 0.15) is 0 Å². The summed E-state index contributed by atoms with van der Waals surface area (Å²) in [5, 5.41) is 19.7. The molecule has 3 heterocycles. The molecular weight excluding hydrogens is 302 g/mol. The van der Waals surface area contributed by atoms with E-state index in [0.717, 1.165) is 10.6 Å². The first-order chi connectivity index (χ1) is 11.1. The van der Waals surface area contributed by atoms with Crippen LogP contribution in [0.3, 0.4) is 0 Å². The van der Waals surface area contributed by atoms with Gasteiger partial charge in [-0.25, -0.2) is 4.79 Å². The molecule has 23 heavy (non-hydrogen) atoms. The van der Waals surface area contributed by atoms with Gasteiger partial charge in [-0.1, -0.05) is 12.1 Å². The summed E-state index contributed by atoms with van der Waals surface area (Å²) in [4.78, 5) is 35.4. The molecule has 1 unspecified atom stereocenters. The molecular formula is C13H9N7O3. The molecule has 114 valence electrons. The van der Waals surface area contributed by atoms with Crippen molar-refractivity contribution in [2.24, 2.45) is 11.0 Å². The number of imide groups is 1. The number of H-pyrrole nitrogens is 1. The first-order valence-electron chi connectivity index (χ1n) is 6.64. The van der Waals surface area contributed by atoms with E-state index in [0.29, 0.717) is 11.4 Å². The molecule has 4 amide bonds. The van der Waals surface area contributed by atoms with Gasteiger partial charge in [0.25, 0.3) is 5.91 Å². The number of carbonyl (C=O) groups excluding carboxylic acids is 3. The van der Waals surface area contributed by atoms with E-state index >= 15 is 0 Å². The van der Waals surface area contributed by atoms with Crippen molar-refractivity contribution in [2.75, 3.05) is 5.01 Å². The van der Waals surface area contributed by atoms with E-state index in [1.807, 2.05) is 5.32 Å². The molecule has 1 saturated heterocycles. The summed E-state index contributed by atoms with van der Waals surface area (Å²) in [5.41, 5.74) is 1.95. The third kappa shape index (κ3) is 2.04. The minimum atomic E-state index is -1.12. The predicted octanol–water partition coefficient (Wildman–Crippen LogP) is -0.413. The predicted molar refractivity (Wildman–Crippen MR) is 76.9 cm³/mol. The largest absolute Gasteiger partial charge is 0.326 e. The molecule has 0 aliphatic carbocycles. The van der Waals surface area contributed by atoms with E-state index in [1.54, 1.807) is 30.5 Å². The molecule has 1 aromatic heterocycles. The highest BCUT2D eigenvalue weighted by molar-refractivity contribution is 6.32. The Kier molecular flexibility index (Phi) is 2.70. The van der Waals surface area contributed by atoms with Gasteiger partial charge < -0.3 is 0 Å². The molecule has 0 bridgehead atoms. The number of fused-ring (bicyclic) bond motifs is 1. The molecule has 4 rings (SSSR count). The van der Waals surface area contributed by atoms with Crippen molar-refractivity contribution in [3.05, 3.63) is 30.5 Å². The van der Waals surface area contributed by atoms with E-state index in [9.17, 15) is 14.4 Å². The van der Waals surface area contributed by atoms with Crippen LogP contribution >= 0.6 is 0 Å². The fourth-order valence-corrected chi connectivity index (χ4v) is 2.42. The van der Waals surface area contributed by atoms with E-state index in [4.69, 9.17) is 0 Å². The Hall–Kier alpha value is -3.56. The van der Waals surface area contributed by atoms with Crippen molar-refractivity contribution in [2.45, 2.75) is 0 Å². The Morgan fingerprint density at radius 2 is 1.83 bits per heavy atom. The molecule has 2 aliphatic heterocycles. The molecule has 1 fully saturated rings. The molecule has 2 aliphatic rings. The van der Waals surface area contributed by atoms with Crippen molar-refractivity contribution < 1.29 is 14.4 Å². The molecule has 3 N–H and O–H groups in total. The zero-order chi connectivity index (χ0) is 16.0. The van der Waals surface area contributed by atoms with Crippen LogP contribution in [-0.2, 0) is 9.59 Å². The van der Waals surface area contributed by atoms with E-state index in [2.05, 4.69) is 25.8 Å². The summed E-state index contributed by atoms with van der Waals surface area (Å²) in [6.07, 6.45) is 1.57. The minimum Gasteiger partial charge on any atom is -0.293 e. The van der Waals surface area contributed by atoms with Gasteiger partial charge in [0.15, 0.2) is 11.8 Å². The Balaban J connectivity index is 1.65. The quantitative estimate of drug-likeness (QED) is 0.648. The monoisotopic (exact) mass is 311 g/mol. The molecule has 1 atom stereocenters. The van der Waals surface area contributed by atoms with Crippen LogP contribution in [0, 0.1) is 5.92 Å². The number of urea groups is 1. The van der Waals surface area contributed by atoms with Crippen LogP contribution < -0.4 is 15.6 Å². The number of amidine groups is 1. The lowest BCUT2D eigenvalue weighted by Crippen LogP contribution is -2.56. The van der Waals surface area contributed by atoms with Gasteiger partial charge in [-0.15, -0.1) is 0 Å². The van der Waals surface area contributed by atoms with Gasteiger partial charge >= 0.3 is 6.03 Å².